The average molecular weight is 228 g/mol. The molecular formula is C11H8N4O2. The second kappa shape index (κ2) is 3.18. The highest BCUT2D eigenvalue weighted by Gasteiger charge is 2.09. The fourth-order valence-corrected chi connectivity index (χ4v) is 1.81. The van der Waals surface area contributed by atoms with E-state index in [0.717, 1.165) is 0 Å². The van der Waals surface area contributed by atoms with Crippen LogP contribution in [0.2, 0.25) is 0 Å². The van der Waals surface area contributed by atoms with Crippen LogP contribution in [0.25, 0.3) is 16.7 Å². The number of imidazole rings is 1. The molecule has 0 saturated heterocycles. The van der Waals surface area contributed by atoms with Crippen molar-refractivity contribution < 1.29 is 9.90 Å². The molecule has 3 aromatic rings. The molecule has 17 heavy (non-hydrogen) atoms. The third-order valence-corrected chi connectivity index (χ3v) is 2.59. The number of nitrogens with zero attached hydrogens (tertiary/aromatic N) is 3. The van der Waals surface area contributed by atoms with Gasteiger partial charge >= 0.3 is 5.97 Å². The van der Waals surface area contributed by atoms with Gasteiger partial charge in [0.05, 0.1) is 16.6 Å². The number of carboxylic acids is 1. The Balaban J connectivity index is 2.48. The molecule has 0 amide bonds. The summed E-state index contributed by atoms with van der Waals surface area (Å²) in [6.45, 7) is 0. The summed E-state index contributed by atoms with van der Waals surface area (Å²) in [5.74, 6) is -0.650. The second-order valence-corrected chi connectivity index (χ2v) is 3.63. The van der Waals surface area contributed by atoms with Crippen LogP contribution in [-0.4, -0.2) is 25.4 Å². The van der Waals surface area contributed by atoms with Crippen LogP contribution < -0.4 is 5.73 Å². The van der Waals surface area contributed by atoms with Gasteiger partial charge < -0.3 is 10.8 Å². The van der Waals surface area contributed by atoms with E-state index in [1.807, 2.05) is 0 Å². The summed E-state index contributed by atoms with van der Waals surface area (Å²) in [5.41, 5.74) is 7.80. The standard InChI is InChI=1S/C11H8N4O2/c12-9-10-13-3-4-15(10)8-5-6(11(16)17)1-2-7(8)14-9/h1-5H,(H2,12,14)(H,16,17). The lowest BCUT2D eigenvalue weighted by Crippen LogP contribution is -2.01. The molecule has 0 radical (unpaired) electrons. The van der Waals surface area contributed by atoms with E-state index in [-0.39, 0.29) is 5.56 Å². The Morgan fingerprint density at radius 3 is 3.00 bits per heavy atom. The normalized spacial score (nSPS) is 11.1. The summed E-state index contributed by atoms with van der Waals surface area (Å²) in [4.78, 5) is 19.2. The number of rotatable bonds is 1. The third kappa shape index (κ3) is 1.31. The Kier molecular flexibility index (Phi) is 1.79. The number of benzene rings is 1. The highest BCUT2D eigenvalue weighted by Crippen LogP contribution is 2.19. The van der Waals surface area contributed by atoms with E-state index < -0.39 is 5.97 Å². The van der Waals surface area contributed by atoms with Gasteiger partial charge in [-0.1, -0.05) is 0 Å². The maximum Gasteiger partial charge on any atom is 0.335 e. The average Bonchev–Trinajstić information content (AvgIpc) is 2.78. The highest BCUT2D eigenvalue weighted by molar-refractivity contribution is 5.93. The van der Waals surface area contributed by atoms with Crippen LogP contribution in [0.5, 0.6) is 0 Å². The molecule has 0 atom stereocenters. The summed E-state index contributed by atoms with van der Waals surface area (Å²) in [6, 6.07) is 4.69. The molecule has 0 bridgehead atoms. The number of fused-ring (bicyclic) bond motifs is 3. The van der Waals surface area contributed by atoms with Crippen LogP contribution >= 0.6 is 0 Å². The highest BCUT2D eigenvalue weighted by atomic mass is 16.4. The number of nitrogen functional groups attached to an aromatic ring is 1. The summed E-state index contributed by atoms with van der Waals surface area (Å²) in [7, 11) is 0. The van der Waals surface area contributed by atoms with Gasteiger partial charge in [0.25, 0.3) is 0 Å². The second-order valence-electron chi connectivity index (χ2n) is 3.63. The minimum Gasteiger partial charge on any atom is -0.478 e. The zero-order chi connectivity index (χ0) is 12.0. The summed E-state index contributed by atoms with van der Waals surface area (Å²) in [5, 5.41) is 8.95. The molecule has 3 rings (SSSR count). The van der Waals surface area contributed by atoms with Gasteiger partial charge in [-0.3, -0.25) is 4.40 Å². The van der Waals surface area contributed by atoms with Crippen molar-refractivity contribution in [2.75, 3.05) is 5.73 Å². The van der Waals surface area contributed by atoms with Crippen molar-refractivity contribution >= 4 is 28.5 Å². The Bertz CT molecular complexity index is 748. The largest absolute Gasteiger partial charge is 0.478 e. The zero-order valence-electron chi connectivity index (χ0n) is 8.66. The maximum absolute atomic E-state index is 10.9. The van der Waals surface area contributed by atoms with Crippen molar-refractivity contribution in [3.8, 4) is 0 Å². The minimum atomic E-state index is -0.975. The number of nitrogens with two attached hydrogens (primary N) is 1. The van der Waals surface area contributed by atoms with Crippen molar-refractivity contribution in [1.29, 1.82) is 0 Å². The Morgan fingerprint density at radius 2 is 2.24 bits per heavy atom. The molecule has 2 heterocycles. The van der Waals surface area contributed by atoms with Gasteiger partial charge in [0, 0.05) is 12.4 Å². The number of anilines is 1. The monoisotopic (exact) mass is 228 g/mol. The number of aromatic carboxylic acids is 1. The first-order valence-electron chi connectivity index (χ1n) is 4.92. The SMILES string of the molecule is Nc1nc2ccc(C(=O)O)cc2n2ccnc12. The molecule has 0 aliphatic carbocycles. The summed E-state index contributed by atoms with van der Waals surface area (Å²) in [6.07, 6.45) is 3.32. The molecule has 6 heteroatoms. The van der Waals surface area contributed by atoms with Gasteiger partial charge in [-0.05, 0) is 18.2 Å². The molecule has 2 aromatic heterocycles. The van der Waals surface area contributed by atoms with E-state index in [1.165, 1.54) is 6.07 Å². The Labute approximate surface area is 95.3 Å². The van der Waals surface area contributed by atoms with Gasteiger partial charge in [0.15, 0.2) is 11.5 Å². The van der Waals surface area contributed by atoms with E-state index in [2.05, 4.69) is 9.97 Å². The number of aromatic nitrogens is 3. The molecule has 3 N–H and O–H groups in total. The first-order chi connectivity index (χ1) is 8.16. The molecule has 6 nitrogen and oxygen atoms in total. The van der Waals surface area contributed by atoms with Crippen LogP contribution in [0.4, 0.5) is 5.82 Å². The number of carboxylic acid groups (broad SMARTS) is 1. The van der Waals surface area contributed by atoms with E-state index in [9.17, 15) is 4.79 Å². The minimum absolute atomic E-state index is 0.207. The van der Waals surface area contributed by atoms with E-state index in [4.69, 9.17) is 10.8 Å². The van der Waals surface area contributed by atoms with Crippen molar-refractivity contribution in [3.05, 3.63) is 36.2 Å². The van der Waals surface area contributed by atoms with Gasteiger partial charge in [0.1, 0.15) is 0 Å². The molecular weight excluding hydrogens is 220 g/mol. The van der Waals surface area contributed by atoms with Crippen LogP contribution in [0.1, 0.15) is 10.4 Å². The smallest absolute Gasteiger partial charge is 0.335 e. The van der Waals surface area contributed by atoms with E-state index in [0.29, 0.717) is 22.5 Å². The third-order valence-electron chi connectivity index (χ3n) is 2.59. The van der Waals surface area contributed by atoms with Crippen LogP contribution in [-0.2, 0) is 0 Å². The first-order valence-corrected chi connectivity index (χ1v) is 4.92. The lowest BCUT2D eigenvalue weighted by atomic mass is 10.2. The topological polar surface area (TPSA) is 93.5 Å². The molecule has 0 aliphatic heterocycles. The molecule has 0 fully saturated rings. The number of hydrogen-bond acceptors (Lipinski definition) is 4. The Hall–Kier alpha value is -2.63. The van der Waals surface area contributed by atoms with Gasteiger partial charge in [-0.15, -0.1) is 0 Å². The Morgan fingerprint density at radius 1 is 1.41 bits per heavy atom. The van der Waals surface area contributed by atoms with Gasteiger partial charge in [0.2, 0.25) is 0 Å². The zero-order valence-corrected chi connectivity index (χ0v) is 8.66. The number of hydrogen-bond donors (Lipinski definition) is 2. The first kappa shape index (κ1) is 9.59. The van der Waals surface area contributed by atoms with Crippen LogP contribution in [0.3, 0.4) is 0 Å². The summed E-state index contributed by atoms with van der Waals surface area (Å²) >= 11 is 0. The molecule has 0 aliphatic rings. The molecule has 1 aromatic carbocycles. The maximum atomic E-state index is 10.9. The molecule has 0 spiro atoms. The predicted molar refractivity (Wildman–Crippen MR) is 61.9 cm³/mol. The van der Waals surface area contributed by atoms with Crippen molar-refractivity contribution in [3.63, 3.8) is 0 Å². The quantitative estimate of drug-likeness (QED) is 0.651. The molecule has 84 valence electrons. The van der Waals surface area contributed by atoms with Crippen LogP contribution in [0.15, 0.2) is 30.6 Å². The molecule has 0 saturated carbocycles. The lowest BCUT2D eigenvalue weighted by molar-refractivity contribution is 0.0697. The van der Waals surface area contributed by atoms with Gasteiger partial charge in [-0.2, -0.15) is 0 Å². The fraction of sp³-hybridized carbons (Fsp3) is 0. The fourth-order valence-electron chi connectivity index (χ4n) is 1.81. The van der Waals surface area contributed by atoms with Crippen LogP contribution in [0, 0.1) is 0 Å². The predicted octanol–water partition coefficient (Wildman–Crippen LogP) is 1.16. The molecule has 0 unspecified atom stereocenters. The summed E-state index contributed by atoms with van der Waals surface area (Å²) < 4.78 is 1.73. The van der Waals surface area contributed by atoms with Crippen molar-refractivity contribution in [1.82, 2.24) is 14.4 Å². The lowest BCUT2D eigenvalue weighted by Gasteiger charge is -2.04. The van der Waals surface area contributed by atoms with E-state index >= 15 is 0 Å². The number of carbonyl (C=O) groups is 1. The van der Waals surface area contributed by atoms with Crippen molar-refractivity contribution in [2.45, 2.75) is 0 Å². The van der Waals surface area contributed by atoms with Crippen molar-refractivity contribution in [2.24, 2.45) is 0 Å². The van der Waals surface area contributed by atoms with E-state index in [1.54, 1.807) is 28.9 Å². The van der Waals surface area contributed by atoms with Gasteiger partial charge in [-0.25, -0.2) is 14.8 Å².